The second-order valence-electron chi connectivity index (χ2n) is 13.8. The Morgan fingerprint density at radius 3 is 1.74 bits per heavy atom. The summed E-state index contributed by atoms with van der Waals surface area (Å²) < 4.78 is 2.47. The molecule has 2 aromatic heterocycles. The molecule has 3 nitrogen and oxygen atoms in total. The molecule has 0 saturated carbocycles. The zero-order valence-electron chi connectivity index (χ0n) is 27.9. The molecule has 0 aliphatic heterocycles. The van der Waals surface area contributed by atoms with Gasteiger partial charge in [0.1, 0.15) is 0 Å². The smallest absolute Gasteiger partial charge is 0.160 e. The highest BCUT2D eigenvalue weighted by Crippen LogP contribution is 2.56. The Labute approximate surface area is 291 Å². The first-order chi connectivity index (χ1) is 24.6. The average Bonchev–Trinajstić information content (AvgIpc) is 3.65. The number of hydrogen-bond donors (Lipinski definition) is 0. The molecule has 1 aliphatic rings. The summed E-state index contributed by atoms with van der Waals surface area (Å²) in [5, 5.41) is 5.18. The third-order valence-corrected chi connectivity index (χ3v) is 10.6. The van der Waals surface area contributed by atoms with Crippen LogP contribution < -0.4 is 0 Å². The molecule has 50 heavy (non-hydrogen) atoms. The van der Waals surface area contributed by atoms with Crippen LogP contribution in [0.4, 0.5) is 0 Å². The average molecular weight is 640 g/mol. The van der Waals surface area contributed by atoms with Crippen molar-refractivity contribution in [1.29, 1.82) is 0 Å². The third-order valence-electron chi connectivity index (χ3n) is 10.6. The summed E-state index contributed by atoms with van der Waals surface area (Å²) in [6, 6.07) is 58.4. The maximum absolute atomic E-state index is 5.09. The molecule has 3 heteroatoms. The van der Waals surface area contributed by atoms with E-state index >= 15 is 0 Å². The van der Waals surface area contributed by atoms with Crippen LogP contribution >= 0.6 is 0 Å². The van der Waals surface area contributed by atoms with Crippen molar-refractivity contribution < 1.29 is 0 Å². The lowest BCUT2D eigenvalue weighted by molar-refractivity contribution is 0.667. The van der Waals surface area contributed by atoms with Gasteiger partial charge in [-0.1, -0.05) is 141 Å². The van der Waals surface area contributed by atoms with Crippen molar-refractivity contribution in [2.75, 3.05) is 0 Å². The lowest BCUT2D eigenvalue weighted by Crippen LogP contribution is -2.15. The van der Waals surface area contributed by atoms with Gasteiger partial charge in [-0.15, -0.1) is 0 Å². The van der Waals surface area contributed by atoms with Gasteiger partial charge >= 0.3 is 0 Å². The fraction of sp³-hybridized carbons (Fsp3) is 0.0638. The fourth-order valence-electron chi connectivity index (χ4n) is 8.32. The van der Waals surface area contributed by atoms with Gasteiger partial charge in [-0.25, -0.2) is 9.97 Å². The number of benzene rings is 7. The molecule has 2 heterocycles. The maximum atomic E-state index is 5.09. The molecule has 0 unspecified atom stereocenters. The van der Waals surface area contributed by atoms with Crippen LogP contribution in [0.1, 0.15) is 25.0 Å². The Kier molecular flexibility index (Phi) is 6.22. The zero-order valence-corrected chi connectivity index (χ0v) is 27.9. The first-order valence-corrected chi connectivity index (χ1v) is 17.3. The van der Waals surface area contributed by atoms with Crippen LogP contribution in [0.15, 0.2) is 164 Å². The molecular weight excluding hydrogens is 607 g/mol. The minimum Gasteiger partial charge on any atom is -0.309 e. The van der Waals surface area contributed by atoms with E-state index in [0.29, 0.717) is 5.82 Å². The molecule has 0 atom stereocenters. The summed E-state index contributed by atoms with van der Waals surface area (Å²) in [5.41, 5.74) is 13.9. The van der Waals surface area contributed by atoms with E-state index in [1.165, 1.54) is 54.8 Å². The highest BCUT2D eigenvalue weighted by Gasteiger charge is 2.39. The summed E-state index contributed by atoms with van der Waals surface area (Å²) in [6.07, 6.45) is 0. The Morgan fingerprint density at radius 1 is 0.500 bits per heavy atom. The van der Waals surface area contributed by atoms with Crippen LogP contribution in [0, 0.1) is 0 Å². The predicted octanol–water partition coefficient (Wildman–Crippen LogP) is 12.0. The lowest BCUT2D eigenvalue weighted by atomic mass is 9.79. The van der Waals surface area contributed by atoms with Crippen molar-refractivity contribution in [2.45, 2.75) is 19.3 Å². The maximum Gasteiger partial charge on any atom is 0.160 e. The van der Waals surface area contributed by atoms with E-state index in [1.54, 1.807) is 0 Å². The summed E-state index contributed by atoms with van der Waals surface area (Å²) in [5.74, 6) is 0.710. The molecule has 1 aliphatic carbocycles. The topological polar surface area (TPSA) is 30.7 Å². The van der Waals surface area contributed by atoms with Crippen molar-refractivity contribution >= 4 is 32.6 Å². The molecule has 236 valence electrons. The summed E-state index contributed by atoms with van der Waals surface area (Å²) in [6.45, 7) is 4.78. The molecule has 0 spiro atoms. The fourth-order valence-corrected chi connectivity index (χ4v) is 8.32. The highest BCUT2D eigenvalue weighted by atomic mass is 15.0. The van der Waals surface area contributed by atoms with E-state index in [1.807, 2.05) is 12.1 Å². The number of fused-ring (bicyclic) bond motifs is 10. The molecule has 10 rings (SSSR count). The first-order valence-electron chi connectivity index (χ1n) is 17.3. The van der Waals surface area contributed by atoms with Gasteiger partial charge < -0.3 is 4.57 Å². The zero-order chi connectivity index (χ0) is 33.4. The molecule has 0 saturated heterocycles. The van der Waals surface area contributed by atoms with E-state index in [4.69, 9.17) is 9.97 Å². The quantitative estimate of drug-likeness (QED) is 0.192. The predicted molar refractivity (Wildman–Crippen MR) is 208 cm³/mol. The van der Waals surface area contributed by atoms with Gasteiger partial charge in [0.2, 0.25) is 0 Å². The molecule has 0 fully saturated rings. The lowest BCUT2D eigenvalue weighted by Gasteiger charge is -2.23. The Morgan fingerprint density at radius 2 is 1.06 bits per heavy atom. The van der Waals surface area contributed by atoms with Gasteiger partial charge in [0.15, 0.2) is 5.82 Å². The number of aromatic nitrogens is 3. The van der Waals surface area contributed by atoms with Gasteiger partial charge in [-0.3, -0.25) is 0 Å². The second kappa shape index (κ2) is 10.8. The van der Waals surface area contributed by atoms with Crippen LogP contribution in [0.3, 0.4) is 0 Å². The number of nitrogens with zero attached hydrogens (tertiary/aromatic N) is 3. The normalized spacial score (nSPS) is 13.2. The van der Waals surface area contributed by atoms with Crippen molar-refractivity contribution in [1.82, 2.24) is 14.5 Å². The Balaban J connectivity index is 1.21. The van der Waals surface area contributed by atoms with Gasteiger partial charge in [0.25, 0.3) is 0 Å². The molecule has 0 N–H and O–H groups in total. The van der Waals surface area contributed by atoms with Crippen molar-refractivity contribution in [2.24, 2.45) is 0 Å². The Hall–Kier alpha value is -6.32. The number of para-hydroxylation sites is 1. The molecule has 9 aromatic rings. The number of hydrogen-bond acceptors (Lipinski definition) is 2. The SMILES string of the molecule is CC1(C)c2ccccc2-c2c1c1c3ccccc3n(-c3ccc(-c4nc(-c5ccccc5)cc(-c5ccccc5)n4)cc3)c1c1ccccc21. The van der Waals surface area contributed by atoms with E-state index in [0.717, 1.165) is 33.8 Å². The summed E-state index contributed by atoms with van der Waals surface area (Å²) in [4.78, 5) is 10.2. The minimum atomic E-state index is -0.148. The molecule has 0 bridgehead atoms. The van der Waals surface area contributed by atoms with Gasteiger partial charge in [0, 0.05) is 44.0 Å². The van der Waals surface area contributed by atoms with Crippen molar-refractivity contribution in [3.63, 3.8) is 0 Å². The molecule has 0 amide bonds. The minimum absolute atomic E-state index is 0.148. The van der Waals surface area contributed by atoms with Crippen LogP contribution in [-0.4, -0.2) is 14.5 Å². The standard InChI is InChI=1S/C47H33N3/c1-47(2)38-23-13-11-21-36(38)42-34-19-9-10-20-35(34)45-43(44(42)47)37-22-12-14-24-41(37)50(45)33-27-25-32(26-28-33)46-48-39(30-15-5-3-6-16-30)29-40(49-46)31-17-7-4-8-18-31/h3-29H,1-2H3. The summed E-state index contributed by atoms with van der Waals surface area (Å²) >= 11 is 0. The van der Waals surface area contributed by atoms with E-state index < -0.39 is 0 Å². The molecular formula is C47H33N3. The van der Waals surface area contributed by atoms with Crippen LogP contribution in [0.2, 0.25) is 0 Å². The van der Waals surface area contributed by atoms with Crippen molar-refractivity contribution in [3.8, 4) is 50.7 Å². The first kappa shape index (κ1) is 28.7. The van der Waals surface area contributed by atoms with Crippen molar-refractivity contribution in [3.05, 3.63) is 175 Å². The van der Waals surface area contributed by atoms with E-state index in [9.17, 15) is 0 Å². The summed E-state index contributed by atoms with van der Waals surface area (Å²) in [7, 11) is 0. The highest BCUT2D eigenvalue weighted by molar-refractivity contribution is 6.25. The molecule has 0 radical (unpaired) electrons. The number of rotatable bonds is 4. The van der Waals surface area contributed by atoms with Gasteiger partial charge in [0.05, 0.1) is 22.4 Å². The van der Waals surface area contributed by atoms with E-state index in [-0.39, 0.29) is 5.41 Å². The Bertz CT molecular complexity index is 2700. The van der Waals surface area contributed by atoms with Crippen LogP contribution in [0.5, 0.6) is 0 Å². The van der Waals surface area contributed by atoms with Gasteiger partial charge in [-0.2, -0.15) is 0 Å². The second-order valence-corrected chi connectivity index (χ2v) is 13.8. The van der Waals surface area contributed by atoms with Crippen LogP contribution in [0.25, 0.3) is 83.3 Å². The van der Waals surface area contributed by atoms with E-state index in [2.05, 4.69) is 170 Å². The van der Waals surface area contributed by atoms with Crippen LogP contribution in [-0.2, 0) is 5.41 Å². The van der Waals surface area contributed by atoms with Gasteiger partial charge in [-0.05, 0) is 64.0 Å². The molecule has 7 aromatic carbocycles. The third kappa shape index (κ3) is 4.17. The largest absolute Gasteiger partial charge is 0.309 e. The monoisotopic (exact) mass is 639 g/mol.